The van der Waals surface area contributed by atoms with E-state index in [4.69, 9.17) is 25.8 Å². The monoisotopic (exact) mass is 557 g/mol. The van der Waals surface area contributed by atoms with Crippen LogP contribution in [0.5, 0.6) is 23.0 Å². The molecule has 8 heteroatoms. The zero-order valence-corrected chi connectivity index (χ0v) is 23.0. The SMILES string of the molecule is O=C1CN(Cc2ccccc2OCc2ccccn2)CCCCCOc2ccccc2Oc2ccc(Cl)cc2N1. The van der Waals surface area contributed by atoms with Crippen LogP contribution in [-0.4, -0.2) is 35.5 Å². The maximum absolute atomic E-state index is 13.3. The molecule has 0 atom stereocenters. The van der Waals surface area contributed by atoms with Crippen LogP contribution in [0.4, 0.5) is 5.69 Å². The molecule has 7 nitrogen and oxygen atoms in total. The van der Waals surface area contributed by atoms with Gasteiger partial charge in [-0.3, -0.25) is 14.7 Å². The third-order valence-electron chi connectivity index (χ3n) is 6.50. The van der Waals surface area contributed by atoms with Gasteiger partial charge < -0.3 is 19.5 Å². The Morgan fingerprint density at radius 3 is 2.60 bits per heavy atom. The first kappa shape index (κ1) is 27.5. The van der Waals surface area contributed by atoms with Gasteiger partial charge in [0.1, 0.15) is 12.4 Å². The third-order valence-corrected chi connectivity index (χ3v) is 6.73. The molecule has 0 radical (unpaired) electrons. The Labute approximate surface area is 239 Å². The van der Waals surface area contributed by atoms with Crippen LogP contribution in [0.15, 0.2) is 91.1 Å². The summed E-state index contributed by atoms with van der Waals surface area (Å²) in [6.07, 6.45) is 4.54. The summed E-state index contributed by atoms with van der Waals surface area (Å²) >= 11 is 6.29. The number of pyridine rings is 1. The smallest absolute Gasteiger partial charge is 0.238 e. The maximum atomic E-state index is 13.3. The van der Waals surface area contributed by atoms with Gasteiger partial charge in [0.15, 0.2) is 17.2 Å². The van der Waals surface area contributed by atoms with Gasteiger partial charge in [-0.15, -0.1) is 0 Å². The minimum absolute atomic E-state index is 0.154. The molecule has 4 aromatic rings. The van der Waals surface area contributed by atoms with Crippen LogP contribution < -0.4 is 19.5 Å². The summed E-state index contributed by atoms with van der Waals surface area (Å²) in [5.74, 6) is 2.36. The fourth-order valence-corrected chi connectivity index (χ4v) is 4.69. The van der Waals surface area contributed by atoms with Gasteiger partial charge >= 0.3 is 0 Å². The number of carbonyl (C=O) groups excluding carboxylic acids is 1. The van der Waals surface area contributed by atoms with Crippen molar-refractivity contribution in [2.75, 3.05) is 25.0 Å². The second-order valence-electron chi connectivity index (χ2n) is 9.57. The van der Waals surface area contributed by atoms with E-state index in [2.05, 4.69) is 15.2 Å². The number of benzene rings is 3. The first-order valence-electron chi connectivity index (χ1n) is 13.5. The summed E-state index contributed by atoms with van der Waals surface area (Å²) in [6, 6.07) is 26.4. The highest BCUT2D eigenvalue weighted by Gasteiger charge is 2.17. The molecule has 0 spiro atoms. The number of rotatable bonds is 5. The summed E-state index contributed by atoms with van der Waals surface area (Å²) in [5.41, 5.74) is 2.37. The number of nitrogens with zero attached hydrogens (tertiary/aromatic N) is 2. The molecule has 1 aromatic heterocycles. The molecule has 0 aliphatic carbocycles. The Balaban J connectivity index is 1.34. The molecular weight excluding hydrogens is 526 g/mol. The number of carbonyl (C=O) groups is 1. The molecule has 1 N–H and O–H groups in total. The molecule has 0 bridgehead atoms. The van der Waals surface area contributed by atoms with Crippen molar-refractivity contribution < 1.29 is 19.0 Å². The fourth-order valence-electron chi connectivity index (χ4n) is 4.52. The summed E-state index contributed by atoms with van der Waals surface area (Å²) in [7, 11) is 0. The number of nitrogens with one attached hydrogen (secondary N) is 1. The highest BCUT2D eigenvalue weighted by Crippen LogP contribution is 2.36. The molecule has 0 fully saturated rings. The highest BCUT2D eigenvalue weighted by molar-refractivity contribution is 6.31. The maximum Gasteiger partial charge on any atom is 0.238 e. The van der Waals surface area contributed by atoms with Crippen LogP contribution in [0.3, 0.4) is 0 Å². The van der Waals surface area contributed by atoms with Gasteiger partial charge in [0.05, 0.1) is 24.5 Å². The van der Waals surface area contributed by atoms with Crippen molar-refractivity contribution in [3.05, 3.63) is 107 Å². The lowest BCUT2D eigenvalue weighted by atomic mass is 10.1. The van der Waals surface area contributed by atoms with Gasteiger partial charge in [-0.1, -0.05) is 48.0 Å². The van der Waals surface area contributed by atoms with Crippen LogP contribution in [0.25, 0.3) is 0 Å². The van der Waals surface area contributed by atoms with Crippen molar-refractivity contribution in [3.8, 4) is 23.0 Å². The zero-order chi connectivity index (χ0) is 27.6. The molecule has 1 aliphatic heterocycles. The number of fused-ring (bicyclic) bond motifs is 2. The lowest BCUT2D eigenvalue weighted by Crippen LogP contribution is -2.34. The predicted octanol–water partition coefficient (Wildman–Crippen LogP) is 7.11. The van der Waals surface area contributed by atoms with Gasteiger partial charge in [0.2, 0.25) is 5.91 Å². The van der Waals surface area contributed by atoms with Crippen molar-refractivity contribution in [1.29, 1.82) is 0 Å². The average Bonchev–Trinajstić information content (AvgIpc) is 2.97. The first-order valence-corrected chi connectivity index (χ1v) is 13.8. The van der Waals surface area contributed by atoms with Gasteiger partial charge in [0.25, 0.3) is 0 Å². The van der Waals surface area contributed by atoms with Crippen LogP contribution >= 0.6 is 11.6 Å². The average molecular weight is 558 g/mol. The Bertz CT molecular complexity index is 1420. The van der Waals surface area contributed by atoms with Gasteiger partial charge in [-0.2, -0.15) is 0 Å². The molecule has 1 aliphatic rings. The number of amides is 1. The number of ether oxygens (including phenoxy) is 3. The van der Waals surface area contributed by atoms with E-state index < -0.39 is 0 Å². The lowest BCUT2D eigenvalue weighted by Gasteiger charge is -2.23. The second-order valence-corrected chi connectivity index (χ2v) is 10.0. The van der Waals surface area contributed by atoms with Crippen LogP contribution in [0.2, 0.25) is 5.02 Å². The van der Waals surface area contributed by atoms with E-state index >= 15 is 0 Å². The Morgan fingerprint density at radius 2 is 1.73 bits per heavy atom. The summed E-state index contributed by atoms with van der Waals surface area (Å²) in [6.45, 7) is 2.46. The normalized spacial score (nSPS) is 14.8. The quantitative estimate of drug-likeness (QED) is 0.282. The lowest BCUT2D eigenvalue weighted by molar-refractivity contribution is -0.117. The van der Waals surface area contributed by atoms with Crippen LogP contribution in [0, 0.1) is 0 Å². The number of para-hydroxylation sites is 3. The Kier molecular flexibility index (Phi) is 9.50. The van der Waals surface area contributed by atoms with E-state index in [-0.39, 0.29) is 12.5 Å². The largest absolute Gasteiger partial charge is 0.490 e. The van der Waals surface area contributed by atoms with Gasteiger partial charge in [-0.05, 0) is 74.3 Å². The minimum Gasteiger partial charge on any atom is -0.490 e. The number of aromatic nitrogens is 1. The van der Waals surface area contributed by atoms with Crippen molar-refractivity contribution in [2.45, 2.75) is 32.4 Å². The molecular formula is C32H32ClN3O4. The standard InChI is InChI=1S/C32H32ClN3O4/c33-25-15-16-29-27(20-25)35-32(37)22-36(18-8-1-9-19-38-30-13-4-5-14-31(30)40-29)21-24-10-2-3-12-28(24)39-23-26-11-6-7-17-34-26/h2-7,10-17,20H,1,8-9,18-19,21-23H2,(H,35,37). The van der Waals surface area contributed by atoms with E-state index in [0.29, 0.717) is 47.7 Å². The molecule has 206 valence electrons. The summed E-state index contributed by atoms with van der Waals surface area (Å²) < 4.78 is 18.4. The molecule has 1 amide bonds. The zero-order valence-electron chi connectivity index (χ0n) is 22.2. The number of hydrogen-bond acceptors (Lipinski definition) is 6. The minimum atomic E-state index is -0.154. The molecule has 5 rings (SSSR count). The number of anilines is 1. The highest BCUT2D eigenvalue weighted by atomic mass is 35.5. The van der Waals surface area contributed by atoms with E-state index in [1.165, 1.54) is 0 Å². The van der Waals surface area contributed by atoms with E-state index in [1.54, 1.807) is 24.4 Å². The van der Waals surface area contributed by atoms with Crippen molar-refractivity contribution in [2.24, 2.45) is 0 Å². The first-order chi connectivity index (χ1) is 19.6. The summed E-state index contributed by atoms with van der Waals surface area (Å²) in [5, 5.41) is 3.51. The van der Waals surface area contributed by atoms with Gasteiger partial charge in [-0.25, -0.2) is 0 Å². The molecule has 3 aromatic carbocycles. The molecule has 0 saturated carbocycles. The van der Waals surface area contributed by atoms with Crippen molar-refractivity contribution in [3.63, 3.8) is 0 Å². The van der Waals surface area contributed by atoms with E-state index in [1.807, 2.05) is 66.7 Å². The Morgan fingerprint density at radius 1 is 0.900 bits per heavy atom. The van der Waals surface area contributed by atoms with Crippen LogP contribution in [0.1, 0.15) is 30.5 Å². The van der Waals surface area contributed by atoms with Gasteiger partial charge in [0, 0.05) is 23.3 Å². The van der Waals surface area contributed by atoms with Crippen molar-refractivity contribution in [1.82, 2.24) is 9.88 Å². The topological polar surface area (TPSA) is 72.9 Å². The molecule has 0 saturated heterocycles. The number of halogens is 1. The van der Waals surface area contributed by atoms with E-state index in [0.717, 1.165) is 42.8 Å². The van der Waals surface area contributed by atoms with Crippen molar-refractivity contribution >= 4 is 23.2 Å². The second kappa shape index (κ2) is 13.8. The summed E-state index contributed by atoms with van der Waals surface area (Å²) in [4.78, 5) is 19.8. The van der Waals surface area contributed by atoms with Crippen LogP contribution in [-0.2, 0) is 17.9 Å². The Hall–Kier alpha value is -4.07. The molecule has 40 heavy (non-hydrogen) atoms. The molecule has 0 unspecified atom stereocenters. The van der Waals surface area contributed by atoms with E-state index in [9.17, 15) is 4.79 Å². The predicted molar refractivity (Wildman–Crippen MR) is 156 cm³/mol. The fraction of sp³-hybridized carbons (Fsp3) is 0.250. The molecule has 2 heterocycles. The number of hydrogen-bond donors (Lipinski definition) is 1. The third kappa shape index (κ3) is 7.74.